The third-order valence-corrected chi connectivity index (χ3v) is 4.28. The minimum Gasteiger partial charge on any atom is -0.508 e. The molecule has 0 aliphatic rings. The van der Waals surface area contributed by atoms with E-state index in [9.17, 15) is 23.1 Å². The minimum atomic E-state index is -4.02. The zero-order valence-electron chi connectivity index (χ0n) is 11.2. The molecule has 116 valence electrons. The van der Waals surface area contributed by atoms with Gasteiger partial charge in [-0.1, -0.05) is 0 Å². The van der Waals surface area contributed by atoms with Crippen LogP contribution < -0.4 is 4.31 Å². The van der Waals surface area contributed by atoms with E-state index in [1.807, 2.05) is 0 Å². The molecule has 0 spiro atoms. The summed E-state index contributed by atoms with van der Waals surface area (Å²) in [5.74, 6) is -2.71. The number of aromatic hydroxyl groups is 1. The second-order valence-electron chi connectivity index (χ2n) is 4.06. The monoisotopic (exact) mass is 317 g/mol. The van der Waals surface area contributed by atoms with Crippen molar-refractivity contribution in [2.45, 2.75) is 6.42 Å². The number of carbonyl (C=O) groups is 2. The van der Waals surface area contributed by atoms with Gasteiger partial charge in [0.2, 0.25) is 10.0 Å². The molecule has 1 rings (SSSR count). The van der Waals surface area contributed by atoms with Crippen molar-refractivity contribution in [1.29, 1.82) is 0 Å². The number of phenolic OH excluding ortho intramolecular Hbond substituents is 1. The third kappa shape index (κ3) is 4.95. The lowest BCUT2D eigenvalue weighted by Crippen LogP contribution is -2.37. The molecule has 0 aliphatic carbocycles. The molecule has 0 unspecified atom stereocenters. The molecule has 0 amide bonds. The second kappa shape index (κ2) is 6.93. The van der Waals surface area contributed by atoms with Gasteiger partial charge >= 0.3 is 11.9 Å². The molecule has 1 aromatic carbocycles. The van der Waals surface area contributed by atoms with Crippen LogP contribution in [0.4, 0.5) is 5.69 Å². The average molecular weight is 317 g/mol. The number of esters is 1. The maximum Gasteiger partial charge on any atom is 0.324 e. The molecule has 0 heterocycles. The highest BCUT2D eigenvalue weighted by Gasteiger charge is 2.25. The molecule has 8 nitrogen and oxygen atoms in total. The second-order valence-corrected chi connectivity index (χ2v) is 6.07. The van der Waals surface area contributed by atoms with Crippen LogP contribution in [0.5, 0.6) is 5.75 Å². The molecule has 2 N–H and O–H groups in total. The van der Waals surface area contributed by atoms with Crippen LogP contribution in [0.3, 0.4) is 0 Å². The number of carbonyl (C=O) groups excluding carboxylic acids is 1. The number of hydrogen-bond acceptors (Lipinski definition) is 6. The van der Waals surface area contributed by atoms with Crippen LogP contribution in [0.1, 0.15) is 6.42 Å². The largest absolute Gasteiger partial charge is 0.508 e. The van der Waals surface area contributed by atoms with Gasteiger partial charge in [-0.2, -0.15) is 0 Å². The Morgan fingerprint density at radius 3 is 2.29 bits per heavy atom. The summed E-state index contributed by atoms with van der Waals surface area (Å²) < 4.78 is 29.3. The van der Waals surface area contributed by atoms with Gasteiger partial charge in [0.25, 0.3) is 0 Å². The molecular weight excluding hydrogens is 302 g/mol. The first-order valence-electron chi connectivity index (χ1n) is 5.84. The number of carboxylic acids is 1. The molecular formula is C12H15NO7S. The molecule has 0 saturated heterocycles. The average Bonchev–Trinajstić information content (AvgIpc) is 2.43. The number of hydrogen-bond donors (Lipinski definition) is 2. The summed E-state index contributed by atoms with van der Waals surface area (Å²) in [5.41, 5.74) is 0.0834. The van der Waals surface area contributed by atoms with E-state index in [0.717, 1.165) is 7.11 Å². The number of ether oxygens (including phenoxy) is 1. The summed E-state index contributed by atoms with van der Waals surface area (Å²) in [6, 6.07) is 5.02. The fraction of sp³-hybridized carbons (Fsp3) is 0.333. The van der Waals surface area contributed by atoms with Crippen LogP contribution in [0.2, 0.25) is 0 Å². The van der Waals surface area contributed by atoms with E-state index in [-0.39, 0.29) is 17.9 Å². The van der Waals surface area contributed by atoms with Crippen LogP contribution in [-0.4, -0.2) is 50.0 Å². The number of nitrogens with zero attached hydrogens (tertiary/aromatic N) is 1. The number of anilines is 1. The van der Waals surface area contributed by atoms with Crippen molar-refractivity contribution in [3.05, 3.63) is 24.3 Å². The van der Waals surface area contributed by atoms with Crippen molar-refractivity contribution in [2.24, 2.45) is 0 Å². The molecule has 9 heteroatoms. The van der Waals surface area contributed by atoms with Gasteiger partial charge < -0.3 is 14.9 Å². The van der Waals surface area contributed by atoms with E-state index in [4.69, 9.17) is 5.11 Å². The van der Waals surface area contributed by atoms with Gasteiger partial charge in [0.1, 0.15) is 12.3 Å². The van der Waals surface area contributed by atoms with Gasteiger partial charge in [-0.3, -0.25) is 13.9 Å². The number of aliphatic carboxylic acids is 1. The lowest BCUT2D eigenvalue weighted by Gasteiger charge is -2.22. The maximum absolute atomic E-state index is 12.2. The van der Waals surface area contributed by atoms with Gasteiger partial charge in [0.05, 0.1) is 25.0 Å². The van der Waals surface area contributed by atoms with Crippen LogP contribution in [0, 0.1) is 0 Å². The maximum atomic E-state index is 12.2. The topological polar surface area (TPSA) is 121 Å². The summed E-state index contributed by atoms with van der Waals surface area (Å²) in [7, 11) is -2.89. The predicted molar refractivity (Wildman–Crippen MR) is 73.5 cm³/mol. The van der Waals surface area contributed by atoms with Crippen molar-refractivity contribution in [1.82, 2.24) is 0 Å². The highest BCUT2D eigenvalue weighted by molar-refractivity contribution is 7.92. The molecule has 0 bridgehead atoms. The van der Waals surface area contributed by atoms with E-state index in [1.165, 1.54) is 24.3 Å². The van der Waals surface area contributed by atoms with E-state index < -0.39 is 34.3 Å². The fourth-order valence-electron chi connectivity index (χ4n) is 1.52. The smallest absolute Gasteiger partial charge is 0.324 e. The van der Waals surface area contributed by atoms with Gasteiger partial charge in [-0.05, 0) is 24.3 Å². The van der Waals surface area contributed by atoms with Crippen LogP contribution in [0.15, 0.2) is 24.3 Å². The first-order valence-corrected chi connectivity index (χ1v) is 7.45. The molecule has 21 heavy (non-hydrogen) atoms. The lowest BCUT2D eigenvalue weighted by atomic mass is 10.3. The van der Waals surface area contributed by atoms with E-state index in [1.54, 1.807) is 0 Å². The molecule has 1 aromatic rings. The van der Waals surface area contributed by atoms with Crippen molar-refractivity contribution < 1.29 is 33.0 Å². The van der Waals surface area contributed by atoms with Crippen LogP contribution >= 0.6 is 0 Å². The molecule has 0 fully saturated rings. The Labute approximate surface area is 121 Å². The van der Waals surface area contributed by atoms with Crippen molar-refractivity contribution in [3.8, 4) is 5.75 Å². The number of methoxy groups -OCH3 is 1. The molecule has 0 saturated carbocycles. The highest BCUT2D eigenvalue weighted by Crippen LogP contribution is 2.21. The summed E-state index contributed by atoms with van der Waals surface area (Å²) in [6.07, 6.45) is -0.382. The van der Waals surface area contributed by atoms with Crippen molar-refractivity contribution in [2.75, 3.05) is 23.7 Å². The van der Waals surface area contributed by atoms with E-state index in [0.29, 0.717) is 4.31 Å². The highest BCUT2D eigenvalue weighted by atomic mass is 32.2. The van der Waals surface area contributed by atoms with E-state index in [2.05, 4.69) is 4.74 Å². The summed E-state index contributed by atoms with van der Waals surface area (Å²) in [4.78, 5) is 21.9. The van der Waals surface area contributed by atoms with Crippen molar-refractivity contribution in [3.63, 3.8) is 0 Å². The van der Waals surface area contributed by atoms with Gasteiger partial charge in [0, 0.05) is 0 Å². The number of benzene rings is 1. The van der Waals surface area contributed by atoms with E-state index >= 15 is 0 Å². The Morgan fingerprint density at radius 1 is 1.24 bits per heavy atom. The summed E-state index contributed by atoms with van der Waals surface area (Å²) >= 11 is 0. The lowest BCUT2D eigenvalue weighted by molar-refractivity contribution is -0.140. The fourth-order valence-corrected chi connectivity index (χ4v) is 2.91. The minimum absolute atomic E-state index is 0.0824. The Hall–Kier alpha value is -2.29. The number of phenols is 1. The predicted octanol–water partition coefficient (Wildman–Crippen LogP) is 0.176. The van der Waals surface area contributed by atoms with Gasteiger partial charge in [-0.15, -0.1) is 0 Å². The van der Waals surface area contributed by atoms with Crippen LogP contribution in [0.25, 0.3) is 0 Å². The molecule has 0 atom stereocenters. The molecule has 0 aliphatic heterocycles. The Balaban J connectivity index is 3.03. The molecule has 0 aromatic heterocycles. The zero-order valence-corrected chi connectivity index (χ0v) is 12.0. The van der Waals surface area contributed by atoms with Gasteiger partial charge in [-0.25, -0.2) is 8.42 Å². The Bertz CT molecular complexity index is 609. The Kier molecular flexibility index (Phi) is 5.53. The summed E-state index contributed by atoms with van der Waals surface area (Å²) in [5, 5.41) is 18.0. The molecule has 0 radical (unpaired) electrons. The summed E-state index contributed by atoms with van der Waals surface area (Å²) in [6.45, 7) is -0.783. The zero-order chi connectivity index (χ0) is 16.0. The number of carboxylic acid groups (broad SMARTS) is 1. The normalized spacial score (nSPS) is 10.9. The number of rotatable bonds is 7. The SMILES string of the molecule is COC(=O)CCS(=O)(=O)N(CC(=O)O)c1ccc(O)cc1. The quantitative estimate of drug-likeness (QED) is 0.688. The third-order valence-electron chi connectivity index (χ3n) is 2.54. The van der Waals surface area contributed by atoms with Crippen LogP contribution in [-0.2, 0) is 24.3 Å². The standard InChI is InChI=1S/C12H15NO7S/c1-20-12(17)6-7-21(18,19)13(8-11(15)16)9-2-4-10(14)5-3-9/h2-5,14H,6-8H2,1H3,(H,15,16). The number of sulfonamides is 1. The first-order chi connectivity index (χ1) is 9.76. The first kappa shape index (κ1) is 16.8. The van der Waals surface area contributed by atoms with Crippen molar-refractivity contribution >= 4 is 27.6 Å². The Morgan fingerprint density at radius 2 is 1.81 bits per heavy atom. The van der Waals surface area contributed by atoms with Gasteiger partial charge in [0.15, 0.2) is 0 Å².